The van der Waals surface area contributed by atoms with E-state index >= 15 is 0 Å². The summed E-state index contributed by atoms with van der Waals surface area (Å²) in [5.74, 6) is 0. The highest BCUT2D eigenvalue weighted by atomic mass is 35.5. The number of nitrogens with one attached hydrogen (secondary N) is 1. The van der Waals surface area contributed by atoms with E-state index in [9.17, 15) is 18.3 Å². The zero-order chi connectivity index (χ0) is 13.9. The summed E-state index contributed by atoms with van der Waals surface area (Å²) < 4.78 is 38.1. The number of nitrogens with zero attached hydrogens (tertiary/aromatic N) is 1. The van der Waals surface area contributed by atoms with Crippen molar-refractivity contribution in [2.45, 2.75) is 12.2 Å². The second-order valence-electron chi connectivity index (χ2n) is 4.61. The quantitative estimate of drug-likeness (QED) is 0.897. The molecule has 1 saturated heterocycles. The number of halogens is 4. The topological polar surface area (TPSA) is 35.5 Å². The maximum Gasteiger partial charge on any atom is 0.416 e. The van der Waals surface area contributed by atoms with Gasteiger partial charge in [-0.1, -0.05) is 12.1 Å². The van der Waals surface area contributed by atoms with Crippen molar-refractivity contribution in [2.75, 3.05) is 32.8 Å². The Hall–Kier alpha value is -0.820. The summed E-state index contributed by atoms with van der Waals surface area (Å²) in [6.07, 6.45) is -4.35. The van der Waals surface area contributed by atoms with Crippen LogP contribution in [0.2, 0.25) is 0 Å². The molecule has 1 heterocycles. The lowest BCUT2D eigenvalue weighted by atomic mass is 10.0. The fraction of sp³-hybridized carbons (Fsp3) is 0.538. The van der Waals surface area contributed by atoms with E-state index in [4.69, 9.17) is 0 Å². The first-order valence-electron chi connectivity index (χ1n) is 6.25. The molecule has 1 aromatic rings. The fourth-order valence-corrected chi connectivity index (χ4v) is 2.35. The van der Waals surface area contributed by atoms with Gasteiger partial charge in [0.2, 0.25) is 0 Å². The van der Waals surface area contributed by atoms with E-state index < -0.39 is 11.7 Å². The molecule has 1 atom stereocenters. The molecule has 2 rings (SSSR count). The Balaban J connectivity index is 0.00000200. The van der Waals surface area contributed by atoms with Crippen LogP contribution in [0.3, 0.4) is 0 Å². The molecule has 0 bridgehead atoms. The van der Waals surface area contributed by atoms with Crippen LogP contribution >= 0.6 is 12.4 Å². The number of piperazine rings is 1. The Morgan fingerprint density at radius 3 is 2.45 bits per heavy atom. The molecule has 0 saturated carbocycles. The van der Waals surface area contributed by atoms with Gasteiger partial charge in [-0.05, 0) is 17.7 Å². The molecule has 2 N–H and O–H groups in total. The average molecular weight is 311 g/mol. The van der Waals surface area contributed by atoms with Crippen molar-refractivity contribution < 1.29 is 18.3 Å². The standard InChI is InChI=1S/C13H17F3N2O.ClH/c14-13(15,16)11-3-1-2-10(8-11)12(9-19)18-6-4-17-5-7-18;/h1-3,8,12,17,19H,4-7,9H2;1H. The van der Waals surface area contributed by atoms with Gasteiger partial charge in [0.05, 0.1) is 18.2 Å². The van der Waals surface area contributed by atoms with Crippen molar-refractivity contribution >= 4 is 12.4 Å². The molecule has 1 fully saturated rings. The monoisotopic (exact) mass is 310 g/mol. The van der Waals surface area contributed by atoms with E-state index in [2.05, 4.69) is 5.32 Å². The second-order valence-corrected chi connectivity index (χ2v) is 4.61. The van der Waals surface area contributed by atoms with Gasteiger partial charge in [-0.2, -0.15) is 13.2 Å². The molecule has 0 amide bonds. The van der Waals surface area contributed by atoms with Crippen molar-refractivity contribution in [3.8, 4) is 0 Å². The van der Waals surface area contributed by atoms with E-state index in [1.807, 2.05) is 4.90 Å². The number of aliphatic hydroxyl groups is 1. The van der Waals surface area contributed by atoms with Crippen LogP contribution < -0.4 is 5.32 Å². The van der Waals surface area contributed by atoms with Gasteiger partial charge in [-0.3, -0.25) is 4.90 Å². The van der Waals surface area contributed by atoms with Crippen molar-refractivity contribution in [1.29, 1.82) is 0 Å². The smallest absolute Gasteiger partial charge is 0.394 e. The summed E-state index contributed by atoms with van der Waals surface area (Å²) in [5, 5.41) is 12.7. The molecule has 0 aliphatic carbocycles. The molecule has 7 heteroatoms. The lowest BCUT2D eigenvalue weighted by molar-refractivity contribution is -0.137. The number of alkyl halides is 3. The zero-order valence-electron chi connectivity index (χ0n) is 10.9. The summed E-state index contributed by atoms with van der Waals surface area (Å²) in [6.45, 7) is 2.84. The molecule has 20 heavy (non-hydrogen) atoms. The zero-order valence-corrected chi connectivity index (χ0v) is 11.7. The molecule has 0 aromatic heterocycles. The van der Waals surface area contributed by atoms with Crippen LogP contribution in [0.4, 0.5) is 13.2 Å². The Bertz CT molecular complexity index is 422. The van der Waals surface area contributed by atoms with Crippen LogP contribution in [-0.4, -0.2) is 42.8 Å². The molecular weight excluding hydrogens is 293 g/mol. The van der Waals surface area contributed by atoms with E-state index in [1.54, 1.807) is 6.07 Å². The van der Waals surface area contributed by atoms with Crippen LogP contribution in [0.1, 0.15) is 17.2 Å². The first-order chi connectivity index (χ1) is 9.02. The third-order valence-electron chi connectivity index (χ3n) is 3.36. The fourth-order valence-electron chi connectivity index (χ4n) is 2.35. The first-order valence-corrected chi connectivity index (χ1v) is 6.25. The highest BCUT2D eigenvalue weighted by Crippen LogP contribution is 2.31. The van der Waals surface area contributed by atoms with Crippen LogP contribution in [-0.2, 0) is 6.18 Å². The summed E-state index contributed by atoms with van der Waals surface area (Å²) in [6, 6.07) is 4.84. The minimum absolute atomic E-state index is 0. The number of hydrogen-bond donors (Lipinski definition) is 2. The Kier molecular flexibility index (Phi) is 6.26. The predicted octanol–water partition coefficient (Wildman–Crippen LogP) is 2.07. The summed E-state index contributed by atoms with van der Waals surface area (Å²) in [4.78, 5) is 2.01. The Labute approximate surface area is 122 Å². The van der Waals surface area contributed by atoms with Crippen LogP contribution in [0.5, 0.6) is 0 Å². The van der Waals surface area contributed by atoms with Gasteiger partial charge >= 0.3 is 6.18 Å². The molecule has 1 aliphatic rings. The normalized spacial score (nSPS) is 18.4. The maximum atomic E-state index is 12.7. The SMILES string of the molecule is Cl.OCC(c1cccc(C(F)(F)F)c1)N1CCNCC1. The highest BCUT2D eigenvalue weighted by molar-refractivity contribution is 5.85. The lowest BCUT2D eigenvalue weighted by Crippen LogP contribution is -2.46. The average Bonchev–Trinajstić information content (AvgIpc) is 2.40. The van der Waals surface area contributed by atoms with Gasteiger partial charge in [0.25, 0.3) is 0 Å². The van der Waals surface area contributed by atoms with Crippen molar-refractivity contribution in [1.82, 2.24) is 10.2 Å². The third kappa shape index (κ3) is 4.09. The molecule has 3 nitrogen and oxygen atoms in total. The molecule has 1 aliphatic heterocycles. The van der Waals surface area contributed by atoms with E-state index in [0.717, 1.165) is 38.3 Å². The van der Waals surface area contributed by atoms with Gasteiger partial charge in [0, 0.05) is 26.2 Å². The lowest BCUT2D eigenvalue weighted by Gasteiger charge is -2.34. The Morgan fingerprint density at radius 1 is 1.25 bits per heavy atom. The van der Waals surface area contributed by atoms with Crippen LogP contribution in [0.25, 0.3) is 0 Å². The van der Waals surface area contributed by atoms with E-state index in [-0.39, 0.29) is 25.1 Å². The molecule has 114 valence electrons. The molecule has 0 spiro atoms. The van der Waals surface area contributed by atoms with E-state index in [1.165, 1.54) is 6.07 Å². The number of aliphatic hydroxyl groups excluding tert-OH is 1. The predicted molar refractivity (Wildman–Crippen MR) is 73.0 cm³/mol. The van der Waals surface area contributed by atoms with Gasteiger partial charge < -0.3 is 10.4 Å². The highest BCUT2D eigenvalue weighted by Gasteiger charge is 2.31. The number of hydrogen-bond acceptors (Lipinski definition) is 3. The summed E-state index contributed by atoms with van der Waals surface area (Å²) >= 11 is 0. The molecule has 0 radical (unpaired) electrons. The Morgan fingerprint density at radius 2 is 1.90 bits per heavy atom. The molecular formula is C13H18ClF3N2O. The largest absolute Gasteiger partial charge is 0.416 e. The molecule has 1 aromatic carbocycles. The minimum atomic E-state index is -4.35. The van der Waals surface area contributed by atoms with Crippen molar-refractivity contribution in [3.05, 3.63) is 35.4 Å². The summed E-state index contributed by atoms with van der Waals surface area (Å²) in [5.41, 5.74) is -0.155. The van der Waals surface area contributed by atoms with Gasteiger partial charge in [0.1, 0.15) is 0 Å². The maximum absolute atomic E-state index is 12.7. The van der Waals surface area contributed by atoms with Gasteiger partial charge in [0.15, 0.2) is 0 Å². The summed E-state index contributed by atoms with van der Waals surface area (Å²) in [7, 11) is 0. The van der Waals surface area contributed by atoms with E-state index in [0.29, 0.717) is 5.56 Å². The number of benzene rings is 1. The number of rotatable bonds is 3. The van der Waals surface area contributed by atoms with Crippen molar-refractivity contribution in [3.63, 3.8) is 0 Å². The van der Waals surface area contributed by atoms with Crippen LogP contribution in [0, 0.1) is 0 Å². The van der Waals surface area contributed by atoms with Crippen molar-refractivity contribution in [2.24, 2.45) is 0 Å². The van der Waals surface area contributed by atoms with Gasteiger partial charge in [-0.15, -0.1) is 12.4 Å². The minimum Gasteiger partial charge on any atom is -0.394 e. The van der Waals surface area contributed by atoms with Gasteiger partial charge in [-0.25, -0.2) is 0 Å². The molecule has 1 unspecified atom stereocenters. The van der Waals surface area contributed by atoms with Crippen LogP contribution in [0.15, 0.2) is 24.3 Å². The third-order valence-corrected chi connectivity index (χ3v) is 3.36. The second kappa shape index (κ2) is 7.26. The first kappa shape index (κ1) is 17.2.